The Kier molecular flexibility index (Phi) is 6.72. The second kappa shape index (κ2) is 8.30. The molecule has 1 aliphatic rings. The van der Waals surface area contributed by atoms with E-state index in [9.17, 15) is 0 Å². The predicted octanol–water partition coefficient (Wildman–Crippen LogP) is 4.73. The first-order chi connectivity index (χ1) is 10.2. The Bertz CT molecular complexity index is 452. The average molecular weight is 327 g/mol. The summed E-state index contributed by atoms with van der Waals surface area (Å²) in [6.45, 7) is 9.92. The summed E-state index contributed by atoms with van der Waals surface area (Å²) in [7, 11) is 0. The molecular weight excluding hydrogens is 300 g/mol. The normalized spacial score (nSPS) is 20.6. The lowest BCUT2D eigenvalue weighted by Gasteiger charge is -2.34. The van der Waals surface area contributed by atoms with Crippen molar-refractivity contribution in [2.75, 3.05) is 30.3 Å². The number of nitrogens with one attached hydrogen (secondary N) is 1. The van der Waals surface area contributed by atoms with Gasteiger partial charge in [0, 0.05) is 30.1 Å². The molecule has 2 atom stereocenters. The van der Waals surface area contributed by atoms with E-state index in [0.717, 1.165) is 36.3 Å². The summed E-state index contributed by atoms with van der Waals surface area (Å²) in [4.78, 5) is 2.45. The van der Waals surface area contributed by atoms with Crippen LogP contribution in [0.3, 0.4) is 0 Å². The molecule has 2 rings (SSSR count). The van der Waals surface area contributed by atoms with Crippen LogP contribution in [0.2, 0.25) is 5.02 Å². The molecule has 0 aliphatic carbocycles. The van der Waals surface area contributed by atoms with E-state index in [2.05, 4.69) is 60.9 Å². The Morgan fingerprint density at radius 1 is 1.43 bits per heavy atom. The maximum atomic E-state index is 6.56. The van der Waals surface area contributed by atoms with E-state index in [1.807, 2.05) is 0 Å². The van der Waals surface area contributed by atoms with Gasteiger partial charge in [0.05, 0.1) is 10.7 Å². The molecule has 1 aromatic carbocycles. The van der Waals surface area contributed by atoms with Gasteiger partial charge in [-0.2, -0.15) is 11.8 Å². The highest BCUT2D eigenvalue weighted by atomic mass is 35.5. The number of benzene rings is 1. The Morgan fingerprint density at radius 2 is 2.24 bits per heavy atom. The third-order valence-electron chi connectivity index (χ3n) is 4.11. The van der Waals surface area contributed by atoms with Crippen molar-refractivity contribution in [3.8, 4) is 0 Å². The molecule has 0 radical (unpaired) electrons. The van der Waals surface area contributed by atoms with E-state index >= 15 is 0 Å². The number of hydrogen-bond acceptors (Lipinski definition) is 3. The van der Waals surface area contributed by atoms with Crippen LogP contribution in [0.1, 0.15) is 45.2 Å². The highest BCUT2D eigenvalue weighted by Gasteiger charge is 2.21. The quantitative estimate of drug-likeness (QED) is 0.813. The minimum absolute atomic E-state index is 0.358. The first-order valence-corrected chi connectivity index (χ1v) is 9.47. The van der Waals surface area contributed by atoms with Gasteiger partial charge >= 0.3 is 0 Å². The minimum Gasteiger partial charge on any atom is -0.368 e. The molecule has 21 heavy (non-hydrogen) atoms. The highest BCUT2D eigenvalue weighted by molar-refractivity contribution is 8.00. The molecular formula is C17H27ClN2S. The fraction of sp³-hybridized carbons (Fsp3) is 0.647. The molecule has 0 bridgehead atoms. The summed E-state index contributed by atoms with van der Waals surface area (Å²) >= 11 is 8.65. The lowest BCUT2D eigenvalue weighted by molar-refractivity contribution is 0.570. The minimum atomic E-state index is 0.358. The monoisotopic (exact) mass is 326 g/mol. The molecule has 0 spiro atoms. The van der Waals surface area contributed by atoms with Gasteiger partial charge in [-0.05, 0) is 44.0 Å². The van der Waals surface area contributed by atoms with Crippen molar-refractivity contribution in [1.29, 1.82) is 0 Å². The van der Waals surface area contributed by atoms with Crippen LogP contribution in [0.5, 0.6) is 0 Å². The molecule has 0 aromatic heterocycles. The molecule has 2 unspecified atom stereocenters. The summed E-state index contributed by atoms with van der Waals surface area (Å²) < 4.78 is 0. The Labute approximate surface area is 138 Å². The van der Waals surface area contributed by atoms with E-state index in [0.29, 0.717) is 6.04 Å². The maximum absolute atomic E-state index is 6.56. The molecule has 1 saturated heterocycles. The molecule has 1 heterocycles. The highest BCUT2D eigenvalue weighted by Crippen LogP contribution is 2.32. The van der Waals surface area contributed by atoms with Gasteiger partial charge in [-0.15, -0.1) is 0 Å². The lowest BCUT2D eigenvalue weighted by Crippen LogP contribution is -2.37. The van der Waals surface area contributed by atoms with Crippen molar-refractivity contribution < 1.29 is 0 Å². The van der Waals surface area contributed by atoms with Crippen molar-refractivity contribution in [3.63, 3.8) is 0 Å². The van der Waals surface area contributed by atoms with E-state index in [-0.39, 0.29) is 0 Å². The Hall–Kier alpha value is -0.380. The zero-order valence-electron chi connectivity index (χ0n) is 13.4. The van der Waals surface area contributed by atoms with Crippen molar-refractivity contribution >= 4 is 29.1 Å². The predicted molar refractivity (Wildman–Crippen MR) is 96.9 cm³/mol. The Morgan fingerprint density at radius 3 is 2.90 bits per heavy atom. The van der Waals surface area contributed by atoms with Gasteiger partial charge in [0.15, 0.2) is 0 Å². The third kappa shape index (κ3) is 4.54. The van der Waals surface area contributed by atoms with Crippen LogP contribution in [-0.2, 0) is 0 Å². The molecule has 118 valence electrons. The number of nitrogens with zero attached hydrogens (tertiary/aromatic N) is 1. The smallest absolute Gasteiger partial charge is 0.0642 e. The van der Waals surface area contributed by atoms with Gasteiger partial charge in [-0.25, -0.2) is 0 Å². The number of halogens is 1. The van der Waals surface area contributed by atoms with Gasteiger partial charge in [-0.3, -0.25) is 0 Å². The van der Waals surface area contributed by atoms with Gasteiger partial charge < -0.3 is 10.2 Å². The molecule has 1 aromatic rings. The summed E-state index contributed by atoms with van der Waals surface area (Å²) in [5.41, 5.74) is 2.47. The van der Waals surface area contributed by atoms with Gasteiger partial charge in [-0.1, -0.05) is 31.5 Å². The van der Waals surface area contributed by atoms with Crippen LogP contribution in [0.15, 0.2) is 18.2 Å². The standard InChI is InChI=1S/C17H27ClN2S/c1-4-8-19-13(3)14-6-7-17(16(18)11-14)20-9-10-21-15(5-2)12-20/h6-7,11,13,15,19H,4-5,8-10,12H2,1-3H3. The zero-order chi connectivity index (χ0) is 15.2. The molecule has 0 amide bonds. The summed E-state index contributed by atoms with van der Waals surface area (Å²) in [6.07, 6.45) is 2.38. The molecule has 1 aliphatic heterocycles. The second-order valence-corrected chi connectivity index (χ2v) is 7.55. The van der Waals surface area contributed by atoms with E-state index in [4.69, 9.17) is 11.6 Å². The largest absolute Gasteiger partial charge is 0.368 e. The van der Waals surface area contributed by atoms with Gasteiger partial charge in [0.2, 0.25) is 0 Å². The number of hydrogen-bond donors (Lipinski definition) is 1. The topological polar surface area (TPSA) is 15.3 Å². The SMILES string of the molecule is CCCNC(C)c1ccc(N2CCSC(CC)C2)c(Cl)c1. The molecule has 1 N–H and O–H groups in total. The van der Waals surface area contributed by atoms with Crippen LogP contribution in [0, 0.1) is 0 Å². The van der Waals surface area contributed by atoms with Crippen LogP contribution >= 0.6 is 23.4 Å². The molecule has 2 nitrogen and oxygen atoms in total. The fourth-order valence-corrected chi connectivity index (χ4v) is 4.20. The average Bonchev–Trinajstić information content (AvgIpc) is 2.52. The Balaban J connectivity index is 2.08. The van der Waals surface area contributed by atoms with E-state index in [1.54, 1.807) is 0 Å². The molecule has 4 heteroatoms. The van der Waals surface area contributed by atoms with Gasteiger partial charge in [0.1, 0.15) is 0 Å². The summed E-state index contributed by atoms with van der Waals surface area (Å²) in [6, 6.07) is 6.91. The van der Waals surface area contributed by atoms with Crippen LogP contribution in [0.4, 0.5) is 5.69 Å². The van der Waals surface area contributed by atoms with Crippen LogP contribution in [0.25, 0.3) is 0 Å². The molecule has 0 saturated carbocycles. The zero-order valence-corrected chi connectivity index (χ0v) is 14.9. The van der Waals surface area contributed by atoms with E-state index < -0.39 is 0 Å². The lowest BCUT2D eigenvalue weighted by atomic mass is 10.1. The maximum Gasteiger partial charge on any atom is 0.0642 e. The summed E-state index contributed by atoms with van der Waals surface area (Å²) in [5, 5.41) is 5.14. The first kappa shape index (κ1) is 17.0. The van der Waals surface area contributed by atoms with Gasteiger partial charge in [0.25, 0.3) is 0 Å². The second-order valence-electron chi connectivity index (χ2n) is 5.73. The van der Waals surface area contributed by atoms with E-state index in [1.165, 1.54) is 23.4 Å². The van der Waals surface area contributed by atoms with Crippen molar-refractivity contribution in [2.45, 2.75) is 44.9 Å². The number of thioether (sulfide) groups is 1. The third-order valence-corrected chi connectivity index (χ3v) is 5.78. The first-order valence-electron chi connectivity index (χ1n) is 8.05. The molecule has 1 fully saturated rings. The van der Waals surface area contributed by atoms with Crippen LogP contribution in [-0.4, -0.2) is 30.6 Å². The van der Waals surface area contributed by atoms with Crippen molar-refractivity contribution in [2.24, 2.45) is 0 Å². The fourth-order valence-electron chi connectivity index (χ4n) is 2.71. The number of rotatable bonds is 6. The van der Waals surface area contributed by atoms with Crippen LogP contribution < -0.4 is 10.2 Å². The summed E-state index contributed by atoms with van der Waals surface area (Å²) in [5.74, 6) is 1.20. The van der Waals surface area contributed by atoms with Crippen molar-refractivity contribution in [1.82, 2.24) is 5.32 Å². The number of anilines is 1. The van der Waals surface area contributed by atoms with Crippen molar-refractivity contribution in [3.05, 3.63) is 28.8 Å².